The Morgan fingerprint density at radius 3 is 2.38 bits per heavy atom. The van der Waals surface area contributed by atoms with Gasteiger partial charge in [0.1, 0.15) is 5.75 Å². The number of halogens is 2. The lowest BCUT2D eigenvalue weighted by Crippen LogP contribution is -2.53. The third-order valence-electron chi connectivity index (χ3n) is 4.05. The molecule has 1 heterocycles. The summed E-state index contributed by atoms with van der Waals surface area (Å²) in [6.07, 6.45) is 0. The minimum Gasteiger partial charge on any atom is -0.433 e. The highest BCUT2D eigenvalue weighted by Crippen LogP contribution is 2.25. The van der Waals surface area contributed by atoms with E-state index in [-0.39, 0.29) is 23.3 Å². The lowest BCUT2D eigenvalue weighted by molar-refractivity contribution is -0.131. The molecule has 1 aliphatic rings. The van der Waals surface area contributed by atoms with Crippen LogP contribution in [0.5, 0.6) is 5.75 Å². The normalized spacial score (nSPS) is 16.8. The van der Waals surface area contributed by atoms with E-state index in [0.717, 1.165) is 0 Å². The van der Waals surface area contributed by atoms with Crippen LogP contribution in [0.1, 0.15) is 13.8 Å². The Hall–Kier alpha value is -2.22. The number of hydrogen-bond donors (Lipinski definition) is 1. The van der Waals surface area contributed by atoms with Gasteiger partial charge in [-0.1, -0.05) is 12.1 Å². The second kappa shape index (κ2) is 8.05. The van der Waals surface area contributed by atoms with Gasteiger partial charge in [0, 0.05) is 33.1 Å². The predicted octanol–water partition coefficient (Wildman–Crippen LogP) is 1.78. The molecule has 1 N–H and O–H groups in total. The van der Waals surface area contributed by atoms with Gasteiger partial charge >= 0.3 is 6.61 Å². The Labute approximate surface area is 139 Å². The number of piperazine rings is 1. The summed E-state index contributed by atoms with van der Waals surface area (Å²) in [5.41, 5.74) is 0.206. The molecule has 2 amide bonds. The van der Waals surface area contributed by atoms with Crippen molar-refractivity contribution >= 4 is 17.5 Å². The number of nitrogens with one attached hydrogen (secondary N) is 1. The van der Waals surface area contributed by atoms with Crippen LogP contribution in [-0.4, -0.2) is 60.4 Å². The number of anilines is 1. The first-order chi connectivity index (χ1) is 11.4. The van der Waals surface area contributed by atoms with Gasteiger partial charge in [-0.05, 0) is 19.1 Å². The molecule has 1 saturated heterocycles. The Kier molecular flexibility index (Phi) is 6.08. The molecule has 0 saturated carbocycles. The molecule has 24 heavy (non-hydrogen) atoms. The van der Waals surface area contributed by atoms with Gasteiger partial charge in [-0.25, -0.2) is 0 Å². The van der Waals surface area contributed by atoms with E-state index in [9.17, 15) is 18.4 Å². The average molecular weight is 341 g/mol. The average Bonchev–Trinajstić information content (AvgIpc) is 2.55. The van der Waals surface area contributed by atoms with Crippen molar-refractivity contribution in [2.45, 2.75) is 26.5 Å². The molecule has 0 aliphatic carbocycles. The lowest BCUT2D eigenvalue weighted by atomic mass is 10.2. The van der Waals surface area contributed by atoms with E-state index in [1.807, 2.05) is 4.90 Å². The molecule has 1 aromatic rings. The van der Waals surface area contributed by atoms with Gasteiger partial charge < -0.3 is 15.0 Å². The molecule has 8 heteroatoms. The highest BCUT2D eigenvalue weighted by atomic mass is 19.3. The van der Waals surface area contributed by atoms with Crippen molar-refractivity contribution in [3.05, 3.63) is 24.3 Å². The van der Waals surface area contributed by atoms with Crippen LogP contribution in [0.2, 0.25) is 0 Å². The van der Waals surface area contributed by atoms with Crippen molar-refractivity contribution in [1.82, 2.24) is 9.80 Å². The lowest BCUT2D eigenvalue weighted by Gasteiger charge is -2.37. The van der Waals surface area contributed by atoms with Gasteiger partial charge in [0.2, 0.25) is 11.8 Å². The highest BCUT2D eigenvalue weighted by Gasteiger charge is 2.27. The van der Waals surface area contributed by atoms with Crippen molar-refractivity contribution < 1.29 is 23.1 Å². The number of carbonyl (C=O) groups is 2. The number of para-hydroxylation sites is 2. The van der Waals surface area contributed by atoms with E-state index in [4.69, 9.17) is 0 Å². The summed E-state index contributed by atoms with van der Waals surface area (Å²) in [5.74, 6) is -0.365. The monoisotopic (exact) mass is 341 g/mol. The molecular formula is C16H21F2N3O3. The van der Waals surface area contributed by atoms with Crippen molar-refractivity contribution in [3.63, 3.8) is 0 Å². The van der Waals surface area contributed by atoms with Gasteiger partial charge in [-0.2, -0.15) is 8.78 Å². The van der Waals surface area contributed by atoms with Gasteiger partial charge in [-0.3, -0.25) is 14.5 Å². The number of amides is 2. The number of ether oxygens (including phenoxy) is 1. The van der Waals surface area contributed by atoms with Crippen LogP contribution in [0.25, 0.3) is 0 Å². The second-order valence-electron chi connectivity index (χ2n) is 5.58. The second-order valence-corrected chi connectivity index (χ2v) is 5.58. The number of rotatable bonds is 5. The SMILES string of the molecule is CC(=O)N1CCN([C@H](C)C(=O)Nc2ccccc2OC(F)F)CC1. The third kappa shape index (κ3) is 4.64. The van der Waals surface area contributed by atoms with E-state index < -0.39 is 12.7 Å². The molecule has 0 aromatic heterocycles. The first kappa shape index (κ1) is 18.1. The minimum absolute atomic E-state index is 0.0184. The van der Waals surface area contributed by atoms with E-state index in [2.05, 4.69) is 10.1 Å². The van der Waals surface area contributed by atoms with Crippen LogP contribution < -0.4 is 10.1 Å². The molecule has 0 bridgehead atoms. The van der Waals surface area contributed by atoms with Crippen molar-refractivity contribution in [2.24, 2.45) is 0 Å². The first-order valence-corrected chi connectivity index (χ1v) is 7.72. The molecular weight excluding hydrogens is 320 g/mol. The van der Waals surface area contributed by atoms with E-state index in [0.29, 0.717) is 26.2 Å². The third-order valence-corrected chi connectivity index (χ3v) is 4.05. The van der Waals surface area contributed by atoms with Crippen LogP contribution in [0.15, 0.2) is 24.3 Å². The zero-order valence-electron chi connectivity index (χ0n) is 13.7. The fourth-order valence-corrected chi connectivity index (χ4v) is 2.60. The molecule has 1 aromatic carbocycles. The summed E-state index contributed by atoms with van der Waals surface area (Å²) in [6.45, 7) is 2.62. The highest BCUT2D eigenvalue weighted by molar-refractivity contribution is 5.95. The molecule has 0 spiro atoms. The topological polar surface area (TPSA) is 61.9 Å². The number of alkyl halides is 2. The maximum absolute atomic E-state index is 12.4. The van der Waals surface area contributed by atoms with Crippen LogP contribution in [0, 0.1) is 0 Å². The van der Waals surface area contributed by atoms with Crippen LogP contribution in [-0.2, 0) is 9.59 Å². The number of hydrogen-bond acceptors (Lipinski definition) is 4. The van der Waals surface area contributed by atoms with Crippen molar-refractivity contribution in [3.8, 4) is 5.75 Å². The molecule has 6 nitrogen and oxygen atoms in total. The largest absolute Gasteiger partial charge is 0.433 e. The Bertz CT molecular complexity index is 590. The minimum atomic E-state index is -2.96. The smallest absolute Gasteiger partial charge is 0.387 e. The predicted molar refractivity (Wildman–Crippen MR) is 85.0 cm³/mol. The Morgan fingerprint density at radius 2 is 1.79 bits per heavy atom. The van der Waals surface area contributed by atoms with E-state index in [1.54, 1.807) is 24.0 Å². The molecule has 1 atom stereocenters. The molecule has 0 unspecified atom stereocenters. The fraction of sp³-hybridized carbons (Fsp3) is 0.500. The number of nitrogens with zero attached hydrogens (tertiary/aromatic N) is 2. The maximum Gasteiger partial charge on any atom is 0.387 e. The van der Waals surface area contributed by atoms with Gasteiger partial charge in [0.15, 0.2) is 0 Å². The Balaban J connectivity index is 1.96. The quantitative estimate of drug-likeness (QED) is 0.887. The van der Waals surface area contributed by atoms with E-state index in [1.165, 1.54) is 19.1 Å². The van der Waals surface area contributed by atoms with Crippen LogP contribution in [0.3, 0.4) is 0 Å². The van der Waals surface area contributed by atoms with E-state index >= 15 is 0 Å². The molecule has 0 radical (unpaired) electrons. The standard InChI is InChI=1S/C16H21F2N3O3/c1-11(20-7-9-21(10-8-20)12(2)22)15(23)19-13-5-3-4-6-14(13)24-16(17)18/h3-6,11,16H,7-10H2,1-2H3,(H,19,23)/t11-/m1/s1. The summed E-state index contributed by atoms with van der Waals surface area (Å²) in [6, 6.07) is 5.62. The molecule has 1 aliphatic heterocycles. The summed E-state index contributed by atoms with van der Waals surface area (Å²) < 4.78 is 29.2. The van der Waals surface area contributed by atoms with Crippen molar-refractivity contribution in [1.29, 1.82) is 0 Å². The summed E-state index contributed by atoms with van der Waals surface area (Å²) in [7, 11) is 0. The van der Waals surface area contributed by atoms with Gasteiger partial charge in [0.05, 0.1) is 11.7 Å². The summed E-state index contributed by atoms with van der Waals surface area (Å²) in [5, 5.41) is 2.63. The Morgan fingerprint density at radius 1 is 1.17 bits per heavy atom. The van der Waals surface area contributed by atoms with Crippen LogP contribution >= 0.6 is 0 Å². The maximum atomic E-state index is 12.4. The zero-order chi connectivity index (χ0) is 17.7. The molecule has 132 valence electrons. The summed E-state index contributed by atoms with van der Waals surface area (Å²) in [4.78, 5) is 27.4. The number of carbonyl (C=O) groups excluding carboxylic acids is 2. The van der Waals surface area contributed by atoms with Crippen molar-refractivity contribution in [2.75, 3.05) is 31.5 Å². The van der Waals surface area contributed by atoms with Gasteiger partial charge in [-0.15, -0.1) is 0 Å². The van der Waals surface area contributed by atoms with Gasteiger partial charge in [0.25, 0.3) is 0 Å². The molecule has 1 fully saturated rings. The number of benzene rings is 1. The fourth-order valence-electron chi connectivity index (χ4n) is 2.60. The molecule has 2 rings (SSSR count). The summed E-state index contributed by atoms with van der Waals surface area (Å²) >= 11 is 0. The zero-order valence-corrected chi connectivity index (χ0v) is 13.7. The first-order valence-electron chi connectivity index (χ1n) is 7.72. The van der Waals surface area contributed by atoms with Crippen LogP contribution in [0.4, 0.5) is 14.5 Å².